The number of nitro benzene ring substituents is 1. The van der Waals surface area contributed by atoms with Crippen LogP contribution in [0, 0.1) is 10.1 Å². The van der Waals surface area contributed by atoms with E-state index in [2.05, 4.69) is 4.72 Å². The summed E-state index contributed by atoms with van der Waals surface area (Å²) in [4.78, 5) is 10.7. The Morgan fingerprint density at radius 1 is 1.35 bits per heavy atom. The van der Waals surface area contributed by atoms with Crippen LogP contribution in [0.2, 0.25) is 0 Å². The molecule has 0 fully saturated rings. The third-order valence-electron chi connectivity index (χ3n) is 2.52. The van der Waals surface area contributed by atoms with Gasteiger partial charge in [-0.25, -0.2) is 13.1 Å². The Morgan fingerprint density at radius 2 is 2.10 bits per heavy atom. The summed E-state index contributed by atoms with van der Waals surface area (Å²) in [6, 6.07) is 6.94. The molecule has 0 radical (unpaired) electrons. The minimum atomic E-state index is -3.75. The van der Waals surface area contributed by atoms with E-state index < -0.39 is 14.9 Å². The molecule has 0 unspecified atom stereocenters. The highest BCUT2D eigenvalue weighted by Crippen LogP contribution is 2.24. The van der Waals surface area contributed by atoms with Crippen LogP contribution in [0.5, 0.6) is 0 Å². The lowest BCUT2D eigenvalue weighted by molar-refractivity contribution is -0.383. The van der Waals surface area contributed by atoms with E-state index in [4.69, 9.17) is 5.73 Å². The Kier molecular flexibility index (Phi) is 4.02. The number of nitrogens with one attached hydrogen (secondary N) is 1. The van der Waals surface area contributed by atoms with Gasteiger partial charge in [0.1, 0.15) is 5.69 Å². The summed E-state index contributed by atoms with van der Waals surface area (Å²) in [5.74, 6) is 0. The highest BCUT2D eigenvalue weighted by molar-refractivity contribution is 7.89. The number of nitrogens with zero attached hydrogens (tertiary/aromatic N) is 1. The first-order valence-corrected chi connectivity index (χ1v) is 7.82. The van der Waals surface area contributed by atoms with Crippen LogP contribution in [0.3, 0.4) is 0 Å². The zero-order chi connectivity index (χ0) is 14.8. The highest BCUT2D eigenvalue weighted by Gasteiger charge is 2.18. The fourth-order valence-corrected chi connectivity index (χ4v) is 3.31. The maximum absolute atomic E-state index is 12.0. The van der Waals surface area contributed by atoms with Gasteiger partial charge in [0.25, 0.3) is 5.69 Å². The monoisotopic (exact) mass is 313 g/mol. The molecule has 0 spiro atoms. The van der Waals surface area contributed by atoms with Gasteiger partial charge in [-0.1, -0.05) is 6.07 Å². The number of nitro groups is 1. The standard InChI is InChI=1S/C11H11N3O4S2/c12-10-6-9(3-4-11(10)14(15)16)20(17,18)13-7-8-2-1-5-19-8/h1-6,13H,7,12H2. The molecule has 0 atom stereocenters. The van der Waals surface area contributed by atoms with Gasteiger partial charge in [0.15, 0.2) is 0 Å². The summed E-state index contributed by atoms with van der Waals surface area (Å²) in [6.07, 6.45) is 0. The zero-order valence-electron chi connectivity index (χ0n) is 10.1. The van der Waals surface area contributed by atoms with Crippen molar-refractivity contribution in [2.75, 3.05) is 5.73 Å². The smallest absolute Gasteiger partial charge is 0.292 e. The first-order chi connectivity index (χ1) is 9.40. The average molecular weight is 313 g/mol. The Labute approximate surface area is 119 Å². The molecule has 0 aliphatic heterocycles. The molecule has 0 aliphatic carbocycles. The van der Waals surface area contributed by atoms with Gasteiger partial charge in [-0.2, -0.15) is 0 Å². The molecule has 7 nitrogen and oxygen atoms in total. The quantitative estimate of drug-likeness (QED) is 0.495. The Morgan fingerprint density at radius 3 is 2.65 bits per heavy atom. The van der Waals surface area contributed by atoms with Gasteiger partial charge in [0, 0.05) is 17.5 Å². The van der Waals surface area contributed by atoms with E-state index in [1.54, 1.807) is 6.07 Å². The van der Waals surface area contributed by atoms with Crippen molar-refractivity contribution in [3.8, 4) is 0 Å². The number of rotatable bonds is 5. The van der Waals surface area contributed by atoms with Gasteiger partial charge in [-0.15, -0.1) is 11.3 Å². The van der Waals surface area contributed by atoms with Gasteiger partial charge in [-0.3, -0.25) is 10.1 Å². The van der Waals surface area contributed by atoms with Crippen molar-refractivity contribution in [2.24, 2.45) is 0 Å². The molecule has 0 amide bonds. The number of hydrogen-bond donors (Lipinski definition) is 2. The SMILES string of the molecule is Nc1cc(S(=O)(=O)NCc2cccs2)ccc1[N+](=O)[O-]. The number of nitrogens with two attached hydrogens (primary N) is 1. The van der Waals surface area contributed by atoms with Crippen LogP contribution >= 0.6 is 11.3 Å². The zero-order valence-corrected chi connectivity index (χ0v) is 11.8. The molecule has 0 saturated carbocycles. The van der Waals surface area contributed by atoms with Crippen molar-refractivity contribution in [1.82, 2.24) is 4.72 Å². The maximum Gasteiger partial charge on any atom is 0.292 e. The molecule has 9 heteroatoms. The van der Waals surface area contributed by atoms with Gasteiger partial charge in [0.2, 0.25) is 10.0 Å². The van der Waals surface area contributed by atoms with E-state index in [0.717, 1.165) is 23.1 Å². The van der Waals surface area contributed by atoms with Crippen LogP contribution in [-0.4, -0.2) is 13.3 Å². The second-order valence-electron chi connectivity index (χ2n) is 3.88. The van der Waals surface area contributed by atoms with Crippen LogP contribution in [0.1, 0.15) is 4.88 Å². The van der Waals surface area contributed by atoms with Gasteiger partial charge >= 0.3 is 0 Å². The summed E-state index contributed by atoms with van der Waals surface area (Å²) in [6.45, 7) is 0.164. The first kappa shape index (κ1) is 14.4. The molecule has 1 aromatic heterocycles. The molecule has 0 aliphatic rings. The molecule has 1 aromatic carbocycles. The molecule has 3 N–H and O–H groups in total. The van der Waals surface area contributed by atoms with Crippen LogP contribution in [-0.2, 0) is 16.6 Å². The van der Waals surface area contributed by atoms with Crippen LogP contribution < -0.4 is 10.5 Å². The summed E-state index contributed by atoms with van der Waals surface area (Å²) in [5, 5.41) is 12.5. The van der Waals surface area contributed by atoms with E-state index in [1.807, 2.05) is 11.4 Å². The Hall–Kier alpha value is -1.97. The highest BCUT2D eigenvalue weighted by atomic mass is 32.2. The minimum Gasteiger partial charge on any atom is -0.393 e. The molecule has 106 valence electrons. The van der Waals surface area contributed by atoms with Crippen LogP contribution in [0.15, 0.2) is 40.6 Å². The van der Waals surface area contributed by atoms with Crippen molar-refractivity contribution in [1.29, 1.82) is 0 Å². The number of benzene rings is 1. The van der Waals surface area contributed by atoms with Crippen LogP contribution in [0.25, 0.3) is 0 Å². The van der Waals surface area contributed by atoms with Crippen molar-refractivity contribution in [2.45, 2.75) is 11.4 Å². The summed E-state index contributed by atoms with van der Waals surface area (Å²) >= 11 is 1.43. The summed E-state index contributed by atoms with van der Waals surface area (Å²) in [5.41, 5.74) is 4.97. The van der Waals surface area contributed by atoms with E-state index in [9.17, 15) is 18.5 Å². The predicted octanol–water partition coefficient (Wildman–Crippen LogP) is 1.72. The average Bonchev–Trinajstić information content (AvgIpc) is 2.89. The van der Waals surface area contributed by atoms with Crippen molar-refractivity contribution < 1.29 is 13.3 Å². The number of hydrogen-bond acceptors (Lipinski definition) is 6. The maximum atomic E-state index is 12.0. The third-order valence-corrected chi connectivity index (χ3v) is 4.80. The van der Waals surface area contributed by atoms with Crippen molar-refractivity contribution in [3.63, 3.8) is 0 Å². The first-order valence-electron chi connectivity index (χ1n) is 5.46. The van der Waals surface area contributed by atoms with Gasteiger partial charge < -0.3 is 5.73 Å². The fourth-order valence-electron chi connectivity index (χ4n) is 1.53. The molecule has 0 bridgehead atoms. The van der Waals surface area contributed by atoms with Gasteiger partial charge in [-0.05, 0) is 23.6 Å². The van der Waals surface area contributed by atoms with E-state index in [1.165, 1.54) is 11.3 Å². The number of sulfonamides is 1. The predicted molar refractivity (Wildman–Crippen MR) is 75.9 cm³/mol. The topological polar surface area (TPSA) is 115 Å². The third kappa shape index (κ3) is 3.13. The lowest BCUT2D eigenvalue weighted by Gasteiger charge is -2.06. The molecular formula is C11H11N3O4S2. The molecule has 2 rings (SSSR count). The molecule has 2 aromatic rings. The summed E-state index contributed by atoms with van der Waals surface area (Å²) in [7, 11) is -3.75. The molecule has 1 heterocycles. The van der Waals surface area contributed by atoms with Gasteiger partial charge in [0.05, 0.1) is 9.82 Å². The lowest BCUT2D eigenvalue weighted by atomic mass is 10.3. The van der Waals surface area contributed by atoms with Crippen molar-refractivity contribution in [3.05, 3.63) is 50.7 Å². The second kappa shape index (κ2) is 5.57. The number of thiophene rings is 1. The van der Waals surface area contributed by atoms with Crippen LogP contribution in [0.4, 0.5) is 11.4 Å². The molecule has 20 heavy (non-hydrogen) atoms. The minimum absolute atomic E-state index is 0.0999. The second-order valence-corrected chi connectivity index (χ2v) is 6.68. The summed E-state index contributed by atoms with van der Waals surface area (Å²) < 4.78 is 26.5. The van der Waals surface area contributed by atoms with E-state index >= 15 is 0 Å². The molecular weight excluding hydrogens is 302 g/mol. The number of anilines is 1. The van der Waals surface area contributed by atoms with E-state index in [0.29, 0.717) is 0 Å². The largest absolute Gasteiger partial charge is 0.393 e. The Bertz CT molecular complexity index is 726. The van der Waals surface area contributed by atoms with E-state index in [-0.39, 0.29) is 22.8 Å². The fraction of sp³-hybridized carbons (Fsp3) is 0.0909. The molecule has 0 saturated heterocycles. The Balaban J connectivity index is 2.21. The van der Waals surface area contributed by atoms with Crippen molar-refractivity contribution >= 4 is 32.7 Å². The number of nitrogen functional groups attached to an aromatic ring is 1. The normalized spacial score (nSPS) is 11.4. The lowest BCUT2D eigenvalue weighted by Crippen LogP contribution is -2.23.